The van der Waals surface area contributed by atoms with Gasteiger partial charge in [0.05, 0.1) is 25.4 Å². The van der Waals surface area contributed by atoms with E-state index in [0.717, 1.165) is 19.4 Å². The summed E-state index contributed by atoms with van der Waals surface area (Å²) >= 11 is 0. The van der Waals surface area contributed by atoms with Crippen molar-refractivity contribution < 1.29 is 14.6 Å². The van der Waals surface area contributed by atoms with Gasteiger partial charge in [0.1, 0.15) is 0 Å². The molecule has 1 N–H and O–H groups in total. The predicted octanol–water partition coefficient (Wildman–Crippen LogP) is 0.563. The summed E-state index contributed by atoms with van der Waals surface area (Å²) in [6.45, 7) is 3.41. The SMILES string of the molecule is CC1CC(OCCO)CCO1. The first-order valence-corrected chi connectivity index (χ1v) is 4.17. The smallest absolute Gasteiger partial charge is 0.0701 e. The lowest BCUT2D eigenvalue weighted by Gasteiger charge is -2.26. The molecule has 0 radical (unpaired) electrons. The minimum Gasteiger partial charge on any atom is -0.394 e. The molecule has 0 aliphatic carbocycles. The largest absolute Gasteiger partial charge is 0.394 e. The average Bonchev–Trinajstić information content (AvgIpc) is 2.01. The van der Waals surface area contributed by atoms with Gasteiger partial charge in [-0.2, -0.15) is 0 Å². The van der Waals surface area contributed by atoms with E-state index in [-0.39, 0.29) is 6.61 Å². The summed E-state index contributed by atoms with van der Waals surface area (Å²) in [7, 11) is 0. The summed E-state index contributed by atoms with van der Waals surface area (Å²) in [5.41, 5.74) is 0. The Balaban J connectivity index is 2.12. The molecule has 66 valence electrons. The van der Waals surface area contributed by atoms with Crippen molar-refractivity contribution in [1.82, 2.24) is 0 Å². The molecule has 1 fully saturated rings. The van der Waals surface area contributed by atoms with Crippen molar-refractivity contribution in [3.63, 3.8) is 0 Å². The van der Waals surface area contributed by atoms with Crippen LogP contribution in [0.1, 0.15) is 19.8 Å². The van der Waals surface area contributed by atoms with Crippen LogP contribution in [-0.4, -0.2) is 37.1 Å². The van der Waals surface area contributed by atoms with E-state index in [1.165, 1.54) is 0 Å². The summed E-state index contributed by atoms with van der Waals surface area (Å²) in [5.74, 6) is 0. The molecule has 11 heavy (non-hydrogen) atoms. The number of hydrogen-bond donors (Lipinski definition) is 1. The molecule has 0 saturated carbocycles. The molecule has 1 rings (SSSR count). The van der Waals surface area contributed by atoms with Crippen molar-refractivity contribution >= 4 is 0 Å². The van der Waals surface area contributed by atoms with Gasteiger partial charge < -0.3 is 14.6 Å². The molecule has 2 unspecified atom stereocenters. The van der Waals surface area contributed by atoms with Crippen LogP contribution in [0.25, 0.3) is 0 Å². The number of aliphatic hydroxyl groups excluding tert-OH is 1. The standard InChI is InChI=1S/C8H16O3/c1-7-6-8(2-4-10-7)11-5-3-9/h7-9H,2-6H2,1H3. The summed E-state index contributed by atoms with van der Waals surface area (Å²) in [6.07, 6.45) is 2.53. The van der Waals surface area contributed by atoms with Crippen LogP contribution in [0, 0.1) is 0 Å². The predicted molar refractivity (Wildman–Crippen MR) is 41.5 cm³/mol. The van der Waals surface area contributed by atoms with E-state index < -0.39 is 0 Å². The van der Waals surface area contributed by atoms with Crippen LogP contribution in [0.5, 0.6) is 0 Å². The average molecular weight is 160 g/mol. The first-order chi connectivity index (χ1) is 5.33. The van der Waals surface area contributed by atoms with Gasteiger partial charge in [-0.15, -0.1) is 0 Å². The second kappa shape index (κ2) is 4.70. The Morgan fingerprint density at radius 2 is 2.45 bits per heavy atom. The highest BCUT2D eigenvalue weighted by atomic mass is 16.5. The Kier molecular flexibility index (Phi) is 3.83. The van der Waals surface area contributed by atoms with Crippen molar-refractivity contribution in [2.24, 2.45) is 0 Å². The van der Waals surface area contributed by atoms with Gasteiger partial charge in [0, 0.05) is 6.61 Å². The Hall–Kier alpha value is -0.120. The highest BCUT2D eigenvalue weighted by Crippen LogP contribution is 2.15. The highest BCUT2D eigenvalue weighted by molar-refractivity contribution is 4.68. The number of ether oxygens (including phenoxy) is 2. The lowest BCUT2D eigenvalue weighted by Crippen LogP contribution is -2.29. The fourth-order valence-corrected chi connectivity index (χ4v) is 1.33. The van der Waals surface area contributed by atoms with Gasteiger partial charge in [0.25, 0.3) is 0 Å². The van der Waals surface area contributed by atoms with Crippen molar-refractivity contribution in [3.05, 3.63) is 0 Å². The van der Waals surface area contributed by atoms with Crippen molar-refractivity contribution in [2.75, 3.05) is 19.8 Å². The Bertz CT molecular complexity index is 106. The van der Waals surface area contributed by atoms with Gasteiger partial charge in [-0.25, -0.2) is 0 Å². The van der Waals surface area contributed by atoms with Gasteiger partial charge in [-0.05, 0) is 19.8 Å². The van der Waals surface area contributed by atoms with E-state index in [1.54, 1.807) is 0 Å². The molecule has 0 bridgehead atoms. The van der Waals surface area contributed by atoms with Gasteiger partial charge in [0.2, 0.25) is 0 Å². The quantitative estimate of drug-likeness (QED) is 0.655. The third-order valence-corrected chi connectivity index (χ3v) is 1.88. The van der Waals surface area contributed by atoms with Gasteiger partial charge in [-0.3, -0.25) is 0 Å². The van der Waals surface area contributed by atoms with Gasteiger partial charge >= 0.3 is 0 Å². The number of rotatable bonds is 3. The lowest BCUT2D eigenvalue weighted by molar-refractivity contribution is -0.0714. The molecular formula is C8H16O3. The zero-order chi connectivity index (χ0) is 8.10. The second-order valence-corrected chi connectivity index (χ2v) is 2.92. The molecule has 2 atom stereocenters. The zero-order valence-corrected chi connectivity index (χ0v) is 6.95. The summed E-state index contributed by atoms with van der Waals surface area (Å²) in [5, 5.41) is 8.51. The molecule has 1 saturated heterocycles. The van der Waals surface area contributed by atoms with Crippen LogP contribution in [0.2, 0.25) is 0 Å². The normalized spacial score (nSPS) is 32.2. The fraction of sp³-hybridized carbons (Fsp3) is 1.00. The maximum Gasteiger partial charge on any atom is 0.0701 e. The molecule has 1 heterocycles. The Morgan fingerprint density at radius 3 is 3.09 bits per heavy atom. The van der Waals surface area contributed by atoms with Crippen LogP contribution in [-0.2, 0) is 9.47 Å². The summed E-state index contributed by atoms with van der Waals surface area (Å²) < 4.78 is 10.7. The zero-order valence-electron chi connectivity index (χ0n) is 6.95. The Morgan fingerprint density at radius 1 is 1.64 bits per heavy atom. The highest BCUT2D eigenvalue weighted by Gasteiger charge is 2.19. The van der Waals surface area contributed by atoms with Crippen molar-refractivity contribution in [1.29, 1.82) is 0 Å². The molecule has 0 aromatic carbocycles. The first kappa shape index (κ1) is 8.97. The summed E-state index contributed by atoms with van der Waals surface area (Å²) in [4.78, 5) is 0. The van der Waals surface area contributed by atoms with Crippen LogP contribution in [0.15, 0.2) is 0 Å². The molecule has 0 aromatic rings. The van der Waals surface area contributed by atoms with Crippen LogP contribution < -0.4 is 0 Å². The van der Waals surface area contributed by atoms with Crippen molar-refractivity contribution in [3.8, 4) is 0 Å². The van der Waals surface area contributed by atoms with Crippen LogP contribution in [0.3, 0.4) is 0 Å². The molecular weight excluding hydrogens is 144 g/mol. The third-order valence-electron chi connectivity index (χ3n) is 1.88. The molecule has 0 amide bonds. The number of hydrogen-bond acceptors (Lipinski definition) is 3. The van der Waals surface area contributed by atoms with E-state index >= 15 is 0 Å². The minimum atomic E-state index is 0.117. The third kappa shape index (κ3) is 3.18. The maximum atomic E-state index is 8.51. The fourth-order valence-electron chi connectivity index (χ4n) is 1.33. The van der Waals surface area contributed by atoms with E-state index in [1.807, 2.05) is 0 Å². The molecule has 0 spiro atoms. The first-order valence-electron chi connectivity index (χ1n) is 4.17. The van der Waals surface area contributed by atoms with Gasteiger partial charge in [-0.1, -0.05) is 0 Å². The molecule has 1 aliphatic heterocycles. The van der Waals surface area contributed by atoms with Crippen LogP contribution in [0.4, 0.5) is 0 Å². The van der Waals surface area contributed by atoms with E-state index in [0.29, 0.717) is 18.8 Å². The lowest BCUT2D eigenvalue weighted by atomic mass is 10.1. The molecule has 3 nitrogen and oxygen atoms in total. The molecule has 1 aliphatic rings. The van der Waals surface area contributed by atoms with Crippen LogP contribution >= 0.6 is 0 Å². The molecule has 0 aromatic heterocycles. The van der Waals surface area contributed by atoms with E-state index in [2.05, 4.69) is 6.92 Å². The minimum absolute atomic E-state index is 0.117. The monoisotopic (exact) mass is 160 g/mol. The topological polar surface area (TPSA) is 38.7 Å². The number of aliphatic hydroxyl groups is 1. The van der Waals surface area contributed by atoms with Gasteiger partial charge in [0.15, 0.2) is 0 Å². The molecule has 3 heteroatoms. The van der Waals surface area contributed by atoms with E-state index in [4.69, 9.17) is 14.6 Å². The maximum absolute atomic E-state index is 8.51. The second-order valence-electron chi connectivity index (χ2n) is 2.92. The van der Waals surface area contributed by atoms with Crippen molar-refractivity contribution in [2.45, 2.75) is 32.0 Å². The van der Waals surface area contributed by atoms with E-state index in [9.17, 15) is 0 Å². The Labute approximate surface area is 67.3 Å². The summed E-state index contributed by atoms with van der Waals surface area (Å²) in [6, 6.07) is 0.